The Hall–Kier alpha value is -3.23. The molecule has 1 unspecified atom stereocenters. The Labute approximate surface area is 174 Å². The largest absolute Gasteiger partial charge is 0.383 e. The van der Waals surface area contributed by atoms with Crippen LogP contribution in [0, 0.1) is 5.41 Å². The van der Waals surface area contributed by atoms with E-state index < -0.39 is 29.7 Å². The van der Waals surface area contributed by atoms with E-state index in [-0.39, 0.29) is 35.3 Å². The summed E-state index contributed by atoms with van der Waals surface area (Å²) in [5, 5.41) is 8.08. The number of hydrogen-bond donors (Lipinski definition) is 3. The molecule has 9 nitrogen and oxygen atoms in total. The number of carbonyl (C=O) groups excluding carboxylic acids is 5. The van der Waals surface area contributed by atoms with Crippen molar-refractivity contribution in [1.82, 2.24) is 15.5 Å². The Morgan fingerprint density at radius 3 is 2.53 bits per heavy atom. The number of fused-ring (bicyclic) bond motifs is 1. The predicted molar refractivity (Wildman–Crippen MR) is 109 cm³/mol. The van der Waals surface area contributed by atoms with Crippen LogP contribution in [0.2, 0.25) is 0 Å². The van der Waals surface area contributed by atoms with Crippen LogP contribution >= 0.6 is 0 Å². The Morgan fingerprint density at radius 2 is 1.87 bits per heavy atom. The number of amides is 5. The lowest BCUT2D eigenvalue weighted by molar-refractivity contribution is -0.136. The Bertz CT molecular complexity index is 918. The molecule has 0 aromatic heterocycles. The smallest absolute Gasteiger partial charge is 0.264 e. The summed E-state index contributed by atoms with van der Waals surface area (Å²) in [6.07, 6.45) is 0.587. The number of nitrogens with one attached hydrogen (secondary N) is 3. The maximum absolute atomic E-state index is 13.0. The Balaban J connectivity index is 1.67. The third kappa shape index (κ3) is 4.50. The molecule has 3 rings (SSSR count). The highest BCUT2D eigenvalue weighted by Crippen LogP contribution is 2.32. The van der Waals surface area contributed by atoms with E-state index in [2.05, 4.69) is 16.0 Å². The van der Waals surface area contributed by atoms with Crippen LogP contribution in [-0.4, -0.2) is 53.6 Å². The van der Waals surface area contributed by atoms with Gasteiger partial charge >= 0.3 is 0 Å². The maximum atomic E-state index is 13.0. The second-order valence-corrected chi connectivity index (χ2v) is 8.69. The average molecular weight is 414 g/mol. The molecule has 0 aliphatic carbocycles. The highest BCUT2D eigenvalue weighted by Gasteiger charge is 2.45. The van der Waals surface area contributed by atoms with Crippen LogP contribution in [0.25, 0.3) is 0 Å². The highest BCUT2D eigenvalue weighted by molar-refractivity contribution is 6.25. The summed E-state index contributed by atoms with van der Waals surface area (Å²) in [6, 6.07) is 3.87. The molecular weight excluding hydrogens is 388 g/mol. The number of benzene rings is 1. The van der Waals surface area contributed by atoms with Crippen LogP contribution in [0.4, 0.5) is 5.69 Å². The van der Waals surface area contributed by atoms with Crippen molar-refractivity contribution in [2.75, 3.05) is 18.4 Å². The van der Waals surface area contributed by atoms with E-state index in [1.807, 2.05) is 20.8 Å². The SMILES string of the molecule is CC(C)(C)CC(=O)NCCNc1cccc2c1C(=O)N(C1CCC(=O)NC1=O)C2=O. The molecular formula is C21H26N4O5. The van der Waals surface area contributed by atoms with Crippen LogP contribution < -0.4 is 16.0 Å². The lowest BCUT2D eigenvalue weighted by Crippen LogP contribution is -2.54. The number of anilines is 1. The molecule has 1 fully saturated rings. The van der Waals surface area contributed by atoms with Crippen LogP contribution in [0.15, 0.2) is 18.2 Å². The van der Waals surface area contributed by atoms with Crippen molar-refractivity contribution < 1.29 is 24.0 Å². The minimum atomic E-state index is -1.00. The number of rotatable bonds is 6. The Morgan fingerprint density at radius 1 is 1.13 bits per heavy atom. The van der Waals surface area contributed by atoms with Gasteiger partial charge in [0.25, 0.3) is 11.8 Å². The fraction of sp³-hybridized carbons (Fsp3) is 0.476. The van der Waals surface area contributed by atoms with Crippen LogP contribution in [0.3, 0.4) is 0 Å². The average Bonchev–Trinajstić information content (AvgIpc) is 2.89. The van der Waals surface area contributed by atoms with Crippen molar-refractivity contribution in [2.45, 2.75) is 46.1 Å². The van der Waals surface area contributed by atoms with Gasteiger partial charge in [-0.3, -0.25) is 34.2 Å². The van der Waals surface area contributed by atoms with E-state index in [4.69, 9.17) is 0 Å². The van der Waals surface area contributed by atoms with Gasteiger partial charge in [-0.2, -0.15) is 0 Å². The zero-order chi connectivity index (χ0) is 22.1. The molecule has 160 valence electrons. The zero-order valence-corrected chi connectivity index (χ0v) is 17.3. The minimum absolute atomic E-state index is 0.0575. The summed E-state index contributed by atoms with van der Waals surface area (Å²) in [6.45, 7) is 6.67. The van der Waals surface area contributed by atoms with Crippen molar-refractivity contribution in [3.8, 4) is 0 Å². The first-order valence-electron chi connectivity index (χ1n) is 9.93. The van der Waals surface area contributed by atoms with E-state index in [9.17, 15) is 24.0 Å². The molecule has 2 aliphatic heterocycles. The van der Waals surface area contributed by atoms with Crippen molar-refractivity contribution in [3.05, 3.63) is 29.3 Å². The van der Waals surface area contributed by atoms with Gasteiger partial charge in [0.05, 0.1) is 11.1 Å². The topological polar surface area (TPSA) is 125 Å². The molecule has 1 aromatic carbocycles. The number of imide groups is 2. The van der Waals surface area contributed by atoms with Gasteiger partial charge in [0, 0.05) is 31.6 Å². The molecule has 0 radical (unpaired) electrons. The molecule has 1 saturated heterocycles. The summed E-state index contributed by atoms with van der Waals surface area (Å²) >= 11 is 0. The molecule has 5 amide bonds. The summed E-state index contributed by atoms with van der Waals surface area (Å²) in [5.41, 5.74) is 0.773. The number of carbonyl (C=O) groups is 5. The third-order valence-corrected chi connectivity index (χ3v) is 4.92. The maximum Gasteiger partial charge on any atom is 0.264 e. The monoisotopic (exact) mass is 414 g/mol. The Kier molecular flexibility index (Phi) is 5.91. The zero-order valence-electron chi connectivity index (χ0n) is 17.3. The van der Waals surface area contributed by atoms with Crippen LogP contribution in [0.5, 0.6) is 0 Å². The van der Waals surface area contributed by atoms with Crippen LogP contribution in [0.1, 0.15) is 60.7 Å². The van der Waals surface area contributed by atoms with Crippen LogP contribution in [-0.2, 0) is 14.4 Å². The predicted octanol–water partition coefficient (Wildman–Crippen LogP) is 1.05. The fourth-order valence-corrected chi connectivity index (χ4v) is 3.61. The van der Waals surface area contributed by atoms with Crippen molar-refractivity contribution in [1.29, 1.82) is 0 Å². The molecule has 0 spiro atoms. The second kappa shape index (κ2) is 8.25. The van der Waals surface area contributed by atoms with Gasteiger partial charge in [0.1, 0.15) is 6.04 Å². The van der Waals surface area contributed by atoms with Gasteiger partial charge in [0.2, 0.25) is 17.7 Å². The highest BCUT2D eigenvalue weighted by atomic mass is 16.2. The lowest BCUT2D eigenvalue weighted by atomic mass is 9.92. The van der Waals surface area contributed by atoms with Gasteiger partial charge in [-0.1, -0.05) is 26.8 Å². The van der Waals surface area contributed by atoms with Gasteiger partial charge in [-0.05, 0) is 24.0 Å². The molecule has 0 bridgehead atoms. The summed E-state index contributed by atoms with van der Waals surface area (Å²) in [5.74, 6) is -2.23. The first kappa shape index (κ1) is 21.5. The number of piperidine rings is 1. The molecule has 0 saturated carbocycles. The quantitative estimate of drug-likeness (QED) is 0.472. The van der Waals surface area contributed by atoms with Crippen molar-refractivity contribution in [2.24, 2.45) is 5.41 Å². The lowest BCUT2D eigenvalue weighted by Gasteiger charge is -2.27. The van der Waals surface area contributed by atoms with Crippen molar-refractivity contribution >= 4 is 35.2 Å². The van der Waals surface area contributed by atoms with Gasteiger partial charge < -0.3 is 10.6 Å². The number of nitrogens with zero attached hydrogens (tertiary/aromatic N) is 1. The molecule has 2 aliphatic rings. The molecule has 1 atom stereocenters. The fourth-order valence-electron chi connectivity index (χ4n) is 3.61. The van der Waals surface area contributed by atoms with E-state index >= 15 is 0 Å². The molecule has 30 heavy (non-hydrogen) atoms. The summed E-state index contributed by atoms with van der Waals surface area (Å²) in [7, 11) is 0. The van der Waals surface area contributed by atoms with E-state index in [1.54, 1.807) is 12.1 Å². The van der Waals surface area contributed by atoms with Gasteiger partial charge in [0.15, 0.2) is 0 Å². The normalized spacial score (nSPS) is 18.9. The summed E-state index contributed by atoms with van der Waals surface area (Å²) < 4.78 is 0. The molecule has 2 heterocycles. The van der Waals surface area contributed by atoms with E-state index in [0.717, 1.165) is 4.90 Å². The molecule has 9 heteroatoms. The van der Waals surface area contributed by atoms with Gasteiger partial charge in [-0.15, -0.1) is 0 Å². The third-order valence-electron chi connectivity index (χ3n) is 4.92. The molecule has 1 aromatic rings. The summed E-state index contributed by atoms with van der Waals surface area (Å²) in [4.78, 5) is 62.2. The standard InChI is InChI=1S/C21H26N4O5/c1-21(2,3)11-16(27)23-10-9-22-13-6-4-5-12-17(13)20(30)25(19(12)29)14-7-8-15(26)24-18(14)28/h4-6,14,22H,7-11H2,1-3H3,(H,23,27)(H,24,26,28). The first-order chi connectivity index (χ1) is 14.1. The number of hydrogen-bond acceptors (Lipinski definition) is 6. The minimum Gasteiger partial charge on any atom is -0.383 e. The van der Waals surface area contributed by atoms with E-state index in [0.29, 0.717) is 25.2 Å². The second-order valence-electron chi connectivity index (χ2n) is 8.69. The first-order valence-corrected chi connectivity index (χ1v) is 9.93. The molecule has 3 N–H and O–H groups in total. The van der Waals surface area contributed by atoms with Gasteiger partial charge in [-0.25, -0.2) is 0 Å². The van der Waals surface area contributed by atoms with E-state index in [1.165, 1.54) is 6.07 Å². The van der Waals surface area contributed by atoms with Crippen molar-refractivity contribution in [3.63, 3.8) is 0 Å².